The molecule has 1 nitrogen and oxygen atoms in total. The minimum absolute atomic E-state index is 0.243. The van der Waals surface area contributed by atoms with E-state index in [0.717, 1.165) is 0 Å². The molecule has 100 valence electrons. The van der Waals surface area contributed by atoms with Crippen LogP contribution in [0.5, 0.6) is 0 Å². The van der Waals surface area contributed by atoms with E-state index in [1.807, 2.05) is 0 Å². The van der Waals surface area contributed by atoms with Crippen LogP contribution in [0.2, 0.25) is 0 Å². The van der Waals surface area contributed by atoms with E-state index in [2.05, 4.69) is 0 Å². The molecule has 0 aliphatic rings. The third-order valence-electron chi connectivity index (χ3n) is 2.69. The van der Waals surface area contributed by atoms with Gasteiger partial charge in [0.05, 0.1) is 0 Å². The van der Waals surface area contributed by atoms with Crippen molar-refractivity contribution < 1.29 is 22.7 Å². The lowest BCUT2D eigenvalue weighted by atomic mass is 10.0. The smallest absolute Gasteiger partial charge is 0.379 e. The standard InChI is InChI=1S/C14H10F4O/c15-12-3-1-2-11(8-12)9-4-6-10(7-5-9)13(19)14(16,17)18/h1-8,13,19H. The molecule has 2 aromatic rings. The molecule has 2 rings (SSSR count). The molecular formula is C14H10F4O. The summed E-state index contributed by atoms with van der Waals surface area (Å²) >= 11 is 0. The maximum absolute atomic E-state index is 13.0. The van der Waals surface area contributed by atoms with E-state index >= 15 is 0 Å². The Labute approximate surface area is 107 Å². The molecule has 19 heavy (non-hydrogen) atoms. The van der Waals surface area contributed by atoms with Crippen molar-refractivity contribution in [3.8, 4) is 11.1 Å². The minimum Gasteiger partial charge on any atom is -0.379 e. The first-order chi connectivity index (χ1) is 8.88. The van der Waals surface area contributed by atoms with Gasteiger partial charge < -0.3 is 5.11 Å². The van der Waals surface area contributed by atoms with Crippen LogP contribution in [0, 0.1) is 5.82 Å². The lowest BCUT2D eigenvalue weighted by Crippen LogP contribution is -2.19. The Bertz CT molecular complexity index is 560. The normalized spacial score (nSPS) is 13.3. The number of halogens is 4. The van der Waals surface area contributed by atoms with Gasteiger partial charge in [0, 0.05) is 0 Å². The minimum atomic E-state index is -4.69. The van der Waals surface area contributed by atoms with E-state index in [-0.39, 0.29) is 5.56 Å². The molecule has 0 saturated carbocycles. The molecule has 0 heterocycles. The summed E-state index contributed by atoms with van der Waals surface area (Å²) in [5, 5.41) is 9.08. The number of hydrogen-bond donors (Lipinski definition) is 1. The van der Waals surface area contributed by atoms with E-state index in [1.165, 1.54) is 42.5 Å². The van der Waals surface area contributed by atoms with Gasteiger partial charge in [-0.15, -0.1) is 0 Å². The van der Waals surface area contributed by atoms with E-state index in [4.69, 9.17) is 5.11 Å². The zero-order valence-electron chi connectivity index (χ0n) is 9.66. The highest BCUT2D eigenvalue weighted by atomic mass is 19.4. The molecule has 1 N–H and O–H groups in total. The average molecular weight is 270 g/mol. The van der Waals surface area contributed by atoms with Crippen molar-refractivity contribution in [2.45, 2.75) is 12.3 Å². The Morgan fingerprint density at radius 1 is 0.895 bits per heavy atom. The fourth-order valence-electron chi connectivity index (χ4n) is 1.71. The summed E-state index contributed by atoms with van der Waals surface area (Å²) in [6, 6.07) is 10.9. The number of rotatable bonds is 2. The molecule has 0 amide bonds. The van der Waals surface area contributed by atoms with Gasteiger partial charge in [0.15, 0.2) is 6.10 Å². The summed E-state index contributed by atoms with van der Waals surface area (Å²) in [7, 11) is 0. The predicted octanol–water partition coefficient (Wildman–Crippen LogP) is 4.09. The maximum Gasteiger partial charge on any atom is 0.418 e. The van der Waals surface area contributed by atoms with Crippen molar-refractivity contribution in [1.29, 1.82) is 0 Å². The number of alkyl halides is 3. The van der Waals surface area contributed by atoms with Crippen molar-refractivity contribution in [3.63, 3.8) is 0 Å². The van der Waals surface area contributed by atoms with Crippen molar-refractivity contribution >= 4 is 0 Å². The molecule has 1 unspecified atom stereocenters. The van der Waals surface area contributed by atoms with Crippen LogP contribution in [0.15, 0.2) is 48.5 Å². The highest BCUT2D eigenvalue weighted by molar-refractivity contribution is 5.63. The fraction of sp³-hybridized carbons (Fsp3) is 0.143. The molecule has 0 aromatic heterocycles. The third kappa shape index (κ3) is 3.12. The highest BCUT2D eigenvalue weighted by Gasteiger charge is 2.39. The zero-order valence-corrected chi connectivity index (χ0v) is 9.66. The van der Waals surface area contributed by atoms with Gasteiger partial charge in [-0.1, -0.05) is 36.4 Å². The first kappa shape index (κ1) is 13.5. The Hall–Kier alpha value is -1.88. The van der Waals surface area contributed by atoms with Gasteiger partial charge in [0.25, 0.3) is 0 Å². The second-order valence-electron chi connectivity index (χ2n) is 4.08. The summed E-state index contributed by atoms with van der Waals surface area (Å²) in [4.78, 5) is 0. The zero-order chi connectivity index (χ0) is 14.0. The molecule has 0 radical (unpaired) electrons. The van der Waals surface area contributed by atoms with Gasteiger partial charge in [-0.2, -0.15) is 13.2 Å². The van der Waals surface area contributed by atoms with Gasteiger partial charge in [-0.3, -0.25) is 0 Å². The van der Waals surface area contributed by atoms with E-state index in [0.29, 0.717) is 11.1 Å². The summed E-state index contributed by atoms with van der Waals surface area (Å²) in [6.07, 6.45) is -7.20. The van der Waals surface area contributed by atoms with Crippen LogP contribution in [0.3, 0.4) is 0 Å². The van der Waals surface area contributed by atoms with Crippen LogP contribution in [0.25, 0.3) is 11.1 Å². The highest BCUT2D eigenvalue weighted by Crippen LogP contribution is 2.33. The maximum atomic E-state index is 13.0. The Morgan fingerprint density at radius 3 is 2.05 bits per heavy atom. The number of hydrogen-bond acceptors (Lipinski definition) is 1. The summed E-state index contributed by atoms with van der Waals surface area (Å²) in [6.45, 7) is 0. The van der Waals surface area contributed by atoms with Crippen molar-refractivity contribution in [2.75, 3.05) is 0 Å². The average Bonchev–Trinajstić information content (AvgIpc) is 2.37. The van der Waals surface area contributed by atoms with E-state index < -0.39 is 18.1 Å². The SMILES string of the molecule is OC(c1ccc(-c2cccc(F)c2)cc1)C(F)(F)F. The van der Waals surface area contributed by atoms with Crippen molar-refractivity contribution in [2.24, 2.45) is 0 Å². The van der Waals surface area contributed by atoms with E-state index in [9.17, 15) is 17.6 Å². The largest absolute Gasteiger partial charge is 0.418 e. The van der Waals surface area contributed by atoms with Gasteiger partial charge in [-0.05, 0) is 28.8 Å². The summed E-state index contributed by atoms with van der Waals surface area (Å²) < 4.78 is 50.0. The van der Waals surface area contributed by atoms with E-state index in [1.54, 1.807) is 6.07 Å². The Kier molecular flexibility index (Phi) is 3.57. The summed E-state index contributed by atoms with van der Waals surface area (Å²) in [5.74, 6) is -0.420. The van der Waals surface area contributed by atoms with Crippen LogP contribution < -0.4 is 0 Å². The van der Waals surface area contributed by atoms with Gasteiger partial charge in [-0.25, -0.2) is 4.39 Å². The molecule has 0 spiro atoms. The Balaban J connectivity index is 2.29. The molecule has 0 aliphatic heterocycles. The topological polar surface area (TPSA) is 20.2 Å². The fourth-order valence-corrected chi connectivity index (χ4v) is 1.71. The van der Waals surface area contributed by atoms with Gasteiger partial charge in [0.1, 0.15) is 5.82 Å². The second kappa shape index (κ2) is 5.01. The number of aliphatic hydroxyl groups is 1. The molecule has 2 aromatic carbocycles. The lowest BCUT2D eigenvalue weighted by Gasteiger charge is -2.15. The number of benzene rings is 2. The first-order valence-electron chi connectivity index (χ1n) is 5.48. The second-order valence-corrected chi connectivity index (χ2v) is 4.08. The van der Waals surface area contributed by atoms with Gasteiger partial charge >= 0.3 is 6.18 Å². The predicted molar refractivity (Wildman–Crippen MR) is 62.9 cm³/mol. The molecule has 0 aliphatic carbocycles. The third-order valence-corrected chi connectivity index (χ3v) is 2.69. The molecular weight excluding hydrogens is 260 g/mol. The van der Waals surface area contributed by atoms with Crippen molar-refractivity contribution in [3.05, 3.63) is 59.9 Å². The quantitative estimate of drug-likeness (QED) is 0.815. The van der Waals surface area contributed by atoms with Crippen molar-refractivity contribution in [1.82, 2.24) is 0 Å². The Morgan fingerprint density at radius 2 is 1.53 bits per heavy atom. The molecule has 0 fully saturated rings. The molecule has 1 atom stereocenters. The molecule has 5 heteroatoms. The first-order valence-corrected chi connectivity index (χ1v) is 5.48. The van der Waals surface area contributed by atoms with Crippen LogP contribution >= 0.6 is 0 Å². The molecule has 0 saturated heterocycles. The van der Waals surface area contributed by atoms with Crippen LogP contribution in [0.1, 0.15) is 11.7 Å². The van der Waals surface area contributed by atoms with Crippen LogP contribution in [-0.2, 0) is 0 Å². The molecule has 0 bridgehead atoms. The monoisotopic (exact) mass is 270 g/mol. The summed E-state index contributed by atoms with van der Waals surface area (Å²) in [5.41, 5.74) is 0.901. The van der Waals surface area contributed by atoms with Crippen LogP contribution in [0.4, 0.5) is 17.6 Å². The lowest BCUT2D eigenvalue weighted by molar-refractivity contribution is -0.206. The van der Waals surface area contributed by atoms with Crippen LogP contribution in [-0.4, -0.2) is 11.3 Å². The number of aliphatic hydroxyl groups excluding tert-OH is 1. The van der Waals surface area contributed by atoms with Gasteiger partial charge in [0.2, 0.25) is 0 Å².